The van der Waals surface area contributed by atoms with Gasteiger partial charge in [0.1, 0.15) is 6.04 Å². The zero-order valence-electron chi connectivity index (χ0n) is 12.9. The topological polar surface area (TPSA) is 110 Å². The van der Waals surface area contributed by atoms with Crippen molar-refractivity contribution >= 4 is 17.6 Å². The van der Waals surface area contributed by atoms with Gasteiger partial charge in [0.25, 0.3) is 0 Å². The van der Waals surface area contributed by atoms with Crippen LogP contribution in [0.1, 0.15) is 49.8 Å². The van der Waals surface area contributed by atoms with Crippen LogP contribution in [0.3, 0.4) is 0 Å². The lowest BCUT2D eigenvalue weighted by Gasteiger charge is -2.28. The minimum Gasteiger partial charge on any atom is -0.399 e. The lowest BCUT2D eigenvalue weighted by atomic mass is 9.87. The summed E-state index contributed by atoms with van der Waals surface area (Å²) in [6, 6.07) is 4.51. The number of urea groups is 1. The average Bonchev–Trinajstić information content (AvgIpc) is 2.46. The molecule has 6 nitrogen and oxygen atoms in total. The van der Waals surface area contributed by atoms with Crippen LogP contribution in [-0.2, 0) is 11.2 Å². The second-order valence-corrected chi connectivity index (χ2v) is 5.76. The van der Waals surface area contributed by atoms with E-state index in [9.17, 15) is 9.59 Å². The summed E-state index contributed by atoms with van der Waals surface area (Å²) in [5, 5.41) is 5.54. The molecule has 1 aliphatic carbocycles. The van der Waals surface area contributed by atoms with Gasteiger partial charge in [0.15, 0.2) is 0 Å². The number of fused-ring (bicyclic) bond motifs is 1. The van der Waals surface area contributed by atoms with Crippen molar-refractivity contribution in [1.82, 2.24) is 10.6 Å². The van der Waals surface area contributed by atoms with Gasteiger partial charge in [-0.05, 0) is 48.9 Å². The average molecular weight is 304 g/mol. The number of nitrogens with two attached hydrogens (primary N) is 2. The zero-order valence-corrected chi connectivity index (χ0v) is 12.9. The van der Waals surface area contributed by atoms with Gasteiger partial charge >= 0.3 is 6.03 Å². The van der Waals surface area contributed by atoms with E-state index in [1.165, 1.54) is 5.56 Å². The van der Waals surface area contributed by atoms with Crippen LogP contribution < -0.4 is 22.1 Å². The number of anilines is 1. The third-order valence-electron chi connectivity index (χ3n) is 4.01. The predicted octanol–water partition coefficient (Wildman–Crippen LogP) is 1.60. The van der Waals surface area contributed by atoms with Gasteiger partial charge in [0.05, 0.1) is 6.04 Å². The van der Waals surface area contributed by atoms with Gasteiger partial charge in [0, 0.05) is 5.69 Å². The van der Waals surface area contributed by atoms with E-state index in [2.05, 4.69) is 10.6 Å². The molecule has 0 heterocycles. The second-order valence-electron chi connectivity index (χ2n) is 5.76. The summed E-state index contributed by atoms with van der Waals surface area (Å²) in [5.74, 6) is -0.185. The Morgan fingerprint density at radius 3 is 2.86 bits per heavy atom. The van der Waals surface area contributed by atoms with Crippen molar-refractivity contribution in [1.29, 1.82) is 0 Å². The van der Waals surface area contributed by atoms with Gasteiger partial charge in [-0.1, -0.05) is 19.4 Å². The molecule has 0 spiro atoms. The van der Waals surface area contributed by atoms with Crippen LogP contribution in [0.5, 0.6) is 0 Å². The highest BCUT2D eigenvalue weighted by Gasteiger charge is 2.25. The van der Waals surface area contributed by atoms with Crippen molar-refractivity contribution in [3.63, 3.8) is 0 Å². The molecule has 2 rings (SSSR count). The number of primary amides is 1. The van der Waals surface area contributed by atoms with Crippen LogP contribution in [0.15, 0.2) is 18.2 Å². The first-order valence-corrected chi connectivity index (χ1v) is 7.76. The molecule has 3 amide bonds. The number of benzene rings is 1. The molecule has 1 aliphatic rings. The minimum atomic E-state index is -0.676. The summed E-state index contributed by atoms with van der Waals surface area (Å²) >= 11 is 0. The zero-order chi connectivity index (χ0) is 16.1. The SMILES string of the molecule is CCC[C@@H](NC(N)=O)C(=O)NC1CCCc2cc(N)ccc21. The number of rotatable bonds is 5. The number of carbonyl (C=O) groups excluding carboxylic acids is 2. The standard InChI is InChI=1S/C16H24N4O2/c1-2-4-14(20-16(18)22)15(21)19-13-6-3-5-10-9-11(17)7-8-12(10)13/h7-9,13-14H,2-6,17H2,1H3,(H,19,21)(H3,18,20,22)/t13?,14-/m1/s1. The number of aryl methyl sites for hydroxylation is 1. The lowest BCUT2D eigenvalue weighted by molar-refractivity contribution is -0.123. The summed E-state index contributed by atoms with van der Waals surface area (Å²) in [7, 11) is 0. The highest BCUT2D eigenvalue weighted by molar-refractivity contribution is 5.86. The maximum absolute atomic E-state index is 12.4. The Hall–Kier alpha value is -2.24. The molecule has 0 fully saturated rings. The highest BCUT2D eigenvalue weighted by atomic mass is 16.2. The van der Waals surface area contributed by atoms with Crippen LogP contribution in [-0.4, -0.2) is 18.0 Å². The maximum atomic E-state index is 12.4. The molecule has 0 bridgehead atoms. The molecular weight excluding hydrogens is 280 g/mol. The summed E-state index contributed by atoms with van der Waals surface area (Å²) in [5.41, 5.74) is 14.0. The Balaban J connectivity index is 2.10. The molecule has 22 heavy (non-hydrogen) atoms. The van der Waals surface area contributed by atoms with E-state index in [0.29, 0.717) is 6.42 Å². The molecule has 0 aliphatic heterocycles. The van der Waals surface area contributed by atoms with Crippen LogP contribution >= 0.6 is 0 Å². The number of nitrogen functional groups attached to an aromatic ring is 1. The molecule has 120 valence electrons. The van der Waals surface area contributed by atoms with Crippen molar-refractivity contribution in [2.24, 2.45) is 5.73 Å². The molecule has 1 aromatic rings. The largest absolute Gasteiger partial charge is 0.399 e. The summed E-state index contributed by atoms with van der Waals surface area (Å²) in [6.07, 6.45) is 4.22. The van der Waals surface area contributed by atoms with Crippen molar-refractivity contribution in [3.8, 4) is 0 Å². The summed E-state index contributed by atoms with van der Waals surface area (Å²) in [6.45, 7) is 1.96. The third-order valence-corrected chi connectivity index (χ3v) is 4.01. The fourth-order valence-corrected chi connectivity index (χ4v) is 2.99. The molecule has 6 heteroatoms. The molecule has 0 aromatic heterocycles. The predicted molar refractivity (Wildman–Crippen MR) is 86.1 cm³/mol. The monoisotopic (exact) mass is 304 g/mol. The molecular formula is C16H24N4O2. The summed E-state index contributed by atoms with van der Waals surface area (Å²) in [4.78, 5) is 23.4. The number of carbonyl (C=O) groups is 2. The molecule has 0 saturated carbocycles. The van der Waals surface area contributed by atoms with E-state index >= 15 is 0 Å². The fourth-order valence-electron chi connectivity index (χ4n) is 2.99. The summed E-state index contributed by atoms with van der Waals surface area (Å²) < 4.78 is 0. The van der Waals surface area contributed by atoms with E-state index in [1.807, 2.05) is 25.1 Å². The van der Waals surface area contributed by atoms with Crippen LogP contribution in [0, 0.1) is 0 Å². The molecule has 1 aromatic carbocycles. The van der Waals surface area contributed by atoms with E-state index in [4.69, 9.17) is 11.5 Å². The Labute approximate surface area is 130 Å². The number of nitrogens with one attached hydrogen (secondary N) is 2. The molecule has 2 atom stereocenters. The van der Waals surface area contributed by atoms with Crippen LogP contribution in [0.4, 0.5) is 10.5 Å². The fraction of sp³-hybridized carbons (Fsp3) is 0.500. The van der Waals surface area contributed by atoms with E-state index in [-0.39, 0.29) is 11.9 Å². The van der Waals surface area contributed by atoms with Crippen LogP contribution in [0.25, 0.3) is 0 Å². The van der Waals surface area contributed by atoms with Crippen LogP contribution in [0.2, 0.25) is 0 Å². The Morgan fingerprint density at radius 1 is 1.41 bits per heavy atom. The highest BCUT2D eigenvalue weighted by Crippen LogP contribution is 2.31. The number of amides is 3. The van der Waals surface area contributed by atoms with Crippen molar-refractivity contribution in [3.05, 3.63) is 29.3 Å². The van der Waals surface area contributed by atoms with E-state index in [0.717, 1.165) is 36.9 Å². The molecule has 0 saturated heterocycles. The lowest BCUT2D eigenvalue weighted by Crippen LogP contribution is -2.49. The quantitative estimate of drug-likeness (QED) is 0.620. The van der Waals surface area contributed by atoms with Crippen molar-refractivity contribution in [2.45, 2.75) is 51.1 Å². The normalized spacial score (nSPS) is 18.1. The molecule has 1 unspecified atom stereocenters. The van der Waals surface area contributed by atoms with Gasteiger partial charge in [0.2, 0.25) is 5.91 Å². The molecule has 6 N–H and O–H groups in total. The maximum Gasteiger partial charge on any atom is 0.312 e. The Bertz CT molecular complexity index is 559. The van der Waals surface area contributed by atoms with Gasteiger partial charge < -0.3 is 22.1 Å². The molecule has 0 radical (unpaired) electrons. The van der Waals surface area contributed by atoms with Gasteiger partial charge in [-0.2, -0.15) is 0 Å². The first kappa shape index (κ1) is 16.1. The Kier molecular flexibility index (Phi) is 5.25. The first-order valence-electron chi connectivity index (χ1n) is 7.76. The van der Waals surface area contributed by atoms with E-state index < -0.39 is 12.1 Å². The minimum absolute atomic E-state index is 0.0362. The number of hydrogen-bond acceptors (Lipinski definition) is 3. The number of hydrogen-bond donors (Lipinski definition) is 4. The van der Waals surface area contributed by atoms with Gasteiger partial charge in [-0.3, -0.25) is 4.79 Å². The third kappa shape index (κ3) is 3.90. The smallest absolute Gasteiger partial charge is 0.312 e. The van der Waals surface area contributed by atoms with Crippen molar-refractivity contribution in [2.75, 3.05) is 5.73 Å². The van der Waals surface area contributed by atoms with Gasteiger partial charge in [-0.15, -0.1) is 0 Å². The van der Waals surface area contributed by atoms with E-state index in [1.54, 1.807) is 0 Å². The Morgan fingerprint density at radius 2 is 2.18 bits per heavy atom. The first-order chi connectivity index (χ1) is 10.5. The van der Waals surface area contributed by atoms with Crippen molar-refractivity contribution < 1.29 is 9.59 Å². The second kappa shape index (κ2) is 7.15. The van der Waals surface area contributed by atoms with Gasteiger partial charge in [-0.25, -0.2) is 4.79 Å².